The normalized spacial score (nSPS) is 26.5. The van der Waals surface area contributed by atoms with Gasteiger partial charge in [0.05, 0.1) is 5.56 Å². The van der Waals surface area contributed by atoms with Gasteiger partial charge in [0, 0.05) is 40.6 Å². The lowest BCUT2D eigenvalue weighted by atomic mass is 9.73. The number of Topliss-reactive ketones (excluding diaryl/α,β-unsaturated/α-hetero) is 1. The van der Waals surface area contributed by atoms with Crippen LogP contribution in [-0.4, -0.2) is 31.4 Å². The molecular weight excluding hydrogens is 466 g/mol. The molecule has 5 heteroatoms. The van der Waals surface area contributed by atoms with Gasteiger partial charge in [-0.05, 0) is 54.0 Å². The highest BCUT2D eigenvalue weighted by atomic mass is 79.9. The summed E-state index contributed by atoms with van der Waals surface area (Å²) >= 11 is 3.37. The van der Waals surface area contributed by atoms with Gasteiger partial charge in [0.1, 0.15) is 0 Å². The second-order valence-electron chi connectivity index (χ2n) is 9.28. The lowest BCUT2D eigenvalue weighted by molar-refractivity contribution is 0.0473. The van der Waals surface area contributed by atoms with E-state index < -0.39 is 5.97 Å². The molecule has 4 nitrogen and oxygen atoms in total. The molecule has 0 radical (unpaired) electrons. The monoisotopic (exact) mass is 489 g/mol. The average molecular weight is 490 g/mol. The zero-order valence-electron chi connectivity index (χ0n) is 17.7. The number of nitrogens with zero attached hydrogens (tertiary/aromatic N) is 1. The Morgan fingerprint density at radius 2 is 1.62 bits per heavy atom. The van der Waals surface area contributed by atoms with E-state index in [0.29, 0.717) is 28.9 Å². The first-order valence-corrected chi connectivity index (χ1v) is 12.1. The van der Waals surface area contributed by atoms with Gasteiger partial charge in [0.25, 0.3) is 0 Å². The van der Waals surface area contributed by atoms with Crippen molar-refractivity contribution in [3.8, 4) is 0 Å². The number of hydrogen-bond donors (Lipinski definition) is 0. The fourth-order valence-corrected chi connectivity index (χ4v) is 6.25. The summed E-state index contributed by atoms with van der Waals surface area (Å²) < 4.78 is 6.45. The summed E-state index contributed by atoms with van der Waals surface area (Å²) in [5.74, 6) is 1.20. The molecule has 0 unspecified atom stereocenters. The molecule has 0 saturated carbocycles. The molecule has 2 aromatic rings. The van der Waals surface area contributed by atoms with Crippen LogP contribution in [0.1, 0.15) is 56.5 Å². The molecule has 162 valence electrons. The van der Waals surface area contributed by atoms with Crippen molar-refractivity contribution >= 4 is 33.4 Å². The highest BCUT2D eigenvalue weighted by Gasteiger charge is 2.44. The Kier molecular flexibility index (Phi) is 4.83. The first-order valence-electron chi connectivity index (χ1n) is 11.3. The highest BCUT2D eigenvalue weighted by molar-refractivity contribution is 9.10. The number of ether oxygens (including phenoxy) is 1. The molecule has 0 fully saturated rings. The molecule has 2 aliphatic heterocycles. The van der Waals surface area contributed by atoms with Crippen molar-refractivity contribution in [3.05, 3.63) is 87.4 Å². The van der Waals surface area contributed by atoms with Gasteiger partial charge in [-0.3, -0.25) is 4.79 Å². The predicted octanol–water partition coefficient (Wildman–Crippen LogP) is 5.64. The highest BCUT2D eigenvalue weighted by Crippen LogP contribution is 2.53. The molecule has 2 heterocycles. The largest absolute Gasteiger partial charge is 0.454 e. The maximum Gasteiger partial charge on any atom is 0.338 e. The minimum absolute atomic E-state index is 0.198. The number of rotatable bonds is 4. The second-order valence-corrected chi connectivity index (χ2v) is 10.2. The quantitative estimate of drug-likeness (QED) is 0.316. The van der Waals surface area contributed by atoms with Crippen molar-refractivity contribution < 1.29 is 14.3 Å². The number of benzene rings is 2. The number of anilines is 1. The number of carbonyl (C=O) groups is 2. The van der Waals surface area contributed by atoms with E-state index in [1.54, 1.807) is 12.1 Å². The standard InChI is InChI=1S/C27H24BrNO3/c28-19-9-7-16(8-10-19)24(30)15-32-27(31)23-12-11-22-20-5-1-3-17(20)13-29-14-18-4-2-6-21(18)25(23)26(22)29/h1-2,5-12,17-18,20-21H,3-4,13-15H2/t17-,18+,20+,21+/m0/s1. The minimum atomic E-state index is -0.404. The summed E-state index contributed by atoms with van der Waals surface area (Å²) in [5, 5.41) is 0. The third-order valence-corrected chi connectivity index (χ3v) is 8.00. The van der Waals surface area contributed by atoms with Gasteiger partial charge in [0.15, 0.2) is 12.4 Å². The van der Waals surface area contributed by atoms with Gasteiger partial charge in [-0.2, -0.15) is 0 Å². The van der Waals surface area contributed by atoms with E-state index in [4.69, 9.17) is 4.74 Å². The van der Waals surface area contributed by atoms with E-state index in [0.717, 1.165) is 36.0 Å². The molecule has 0 bridgehead atoms. The van der Waals surface area contributed by atoms with Crippen molar-refractivity contribution in [1.82, 2.24) is 0 Å². The van der Waals surface area contributed by atoms with Crippen LogP contribution in [0.2, 0.25) is 0 Å². The molecule has 0 spiro atoms. The fraction of sp³-hybridized carbons (Fsp3) is 0.333. The van der Waals surface area contributed by atoms with E-state index in [-0.39, 0.29) is 18.3 Å². The van der Waals surface area contributed by atoms with Crippen LogP contribution in [0.25, 0.3) is 0 Å². The van der Waals surface area contributed by atoms with Crippen LogP contribution in [0.3, 0.4) is 0 Å². The van der Waals surface area contributed by atoms with Crippen molar-refractivity contribution in [2.24, 2.45) is 11.8 Å². The summed E-state index contributed by atoms with van der Waals surface area (Å²) in [5.41, 5.74) is 4.83. The van der Waals surface area contributed by atoms with Crippen LogP contribution in [0.5, 0.6) is 0 Å². The van der Waals surface area contributed by atoms with E-state index >= 15 is 0 Å². The zero-order chi connectivity index (χ0) is 21.8. The van der Waals surface area contributed by atoms with Gasteiger partial charge in [-0.1, -0.05) is 58.4 Å². The van der Waals surface area contributed by atoms with Gasteiger partial charge < -0.3 is 9.64 Å². The fourth-order valence-electron chi connectivity index (χ4n) is 5.99. The van der Waals surface area contributed by atoms with Crippen LogP contribution < -0.4 is 4.90 Å². The van der Waals surface area contributed by atoms with E-state index in [1.807, 2.05) is 18.2 Å². The third kappa shape index (κ3) is 3.17. The van der Waals surface area contributed by atoms with Crippen molar-refractivity contribution in [2.75, 3.05) is 24.6 Å². The molecule has 2 aliphatic carbocycles. The summed E-state index contributed by atoms with van der Waals surface area (Å²) in [6.07, 6.45) is 11.3. The SMILES string of the molecule is O=C(COC(=O)c1ccc2c3c1[C@@H]1C=CC[C@@H]1CN3C[C@@H]1CC=C[C@@H]21)c1ccc(Br)cc1. The van der Waals surface area contributed by atoms with Gasteiger partial charge in [0.2, 0.25) is 0 Å². The van der Waals surface area contributed by atoms with Crippen molar-refractivity contribution in [3.63, 3.8) is 0 Å². The lowest BCUT2D eigenvalue weighted by Gasteiger charge is -2.46. The Balaban J connectivity index is 1.33. The van der Waals surface area contributed by atoms with Crippen LogP contribution in [-0.2, 0) is 4.74 Å². The van der Waals surface area contributed by atoms with Gasteiger partial charge in [-0.25, -0.2) is 4.79 Å². The minimum Gasteiger partial charge on any atom is -0.454 e. The molecule has 6 rings (SSSR count). The Hall–Kier alpha value is -2.66. The van der Waals surface area contributed by atoms with Gasteiger partial charge >= 0.3 is 5.97 Å². The maximum atomic E-state index is 13.2. The third-order valence-electron chi connectivity index (χ3n) is 7.47. The van der Waals surface area contributed by atoms with Crippen LogP contribution >= 0.6 is 15.9 Å². The molecule has 4 atom stereocenters. The predicted molar refractivity (Wildman–Crippen MR) is 127 cm³/mol. The van der Waals surface area contributed by atoms with Gasteiger partial charge in [-0.15, -0.1) is 0 Å². The summed E-state index contributed by atoms with van der Waals surface area (Å²) in [7, 11) is 0. The average Bonchev–Trinajstić information content (AvgIpc) is 3.47. The number of allylic oxidation sites excluding steroid dienone is 4. The zero-order valence-corrected chi connectivity index (χ0v) is 19.3. The number of hydrogen-bond acceptors (Lipinski definition) is 4. The molecular formula is C27H24BrNO3. The Morgan fingerprint density at radius 3 is 2.38 bits per heavy atom. The molecule has 2 aromatic carbocycles. The number of ketones is 1. The second kappa shape index (κ2) is 7.73. The number of esters is 1. The van der Waals surface area contributed by atoms with E-state index in [1.165, 1.54) is 11.3 Å². The van der Waals surface area contributed by atoms with E-state index in [9.17, 15) is 9.59 Å². The van der Waals surface area contributed by atoms with Crippen molar-refractivity contribution in [2.45, 2.75) is 24.7 Å². The lowest BCUT2D eigenvalue weighted by Crippen LogP contribution is -2.44. The molecule has 0 amide bonds. The molecule has 4 aliphatic rings. The van der Waals surface area contributed by atoms with Crippen LogP contribution in [0.15, 0.2) is 65.2 Å². The molecule has 0 N–H and O–H groups in total. The van der Waals surface area contributed by atoms with E-state index in [2.05, 4.69) is 51.2 Å². The van der Waals surface area contributed by atoms with Crippen LogP contribution in [0, 0.1) is 11.8 Å². The summed E-state index contributed by atoms with van der Waals surface area (Å²) in [6, 6.07) is 11.1. The number of fused-ring (bicyclic) bond motifs is 4. The summed E-state index contributed by atoms with van der Waals surface area (Å²) in [6.45, 7) is 1.83. The Bertz CT molecular complexity index is 1160. The molecule has 0 saturated heterocycles. The smallest absolute Gasteiger partial charge is 0.338 e. The Labute approximate surface area is 196 Å². The molecule has 0 aromatic heterocycles. The summed E-state index contributed by atoms with van der Waals surface area (Å²) in [4.78, 5) is 28.2. The topological polar surface area (TPSA) is 46.6 Å². The van der Waals surface area contributed by atoms with Crippen LogP contribution in [0.4, 0.5) is 5.69 Å². The first kappa shape index (κ1) is 20.0. The number of halogens is 1. The Morgan fingerprint density at radius 1 is 0.938 bits per heavy atom. The first-order chi connectivity index (χ1) is 15.6. The van der Waals surface area contributed by atoms with Crippen molar-refractivity contribution in [1.29, 1.82) is 0 Å². The number of carbonyl (C=O) groups excluding carboxylic acids is 2. The maximum absolute atomic E-state index is 13.2. The molecule has 32 heavy (non-hydrogen) atoms.